The van der Waals surface area contributed by atoms with Crippen LogP contribution >= 0.6 is 0 Å². The van der Waals surface area contributed by atoms with Gasteiger partial charge in [0.2, 0.25) is 0 Å². The van der Waals surface area contributed by atoms with E-state index in [1.807, 2.05) is 6.20 Å². The first-order valence-electron chi connectivity index (χ1n) is 10.7. The summed E-state index contributed by atoms with van der Waals surface area (Å²) in [4.78, 5) is 7.21. The van der Waals surface area contributed by atoms with Crippen LogP contribution in [0.3, 0.4) is 0 Å². The third-order valence-corrected chi connectivity index (χ3v) is 6.77. The molecule has 3 saturated heterocycles. The van der Waals surface area contributed by atoms with Crippen LogP contribution in [0.5, 0.6) is 0 Å². The van der Waals surface area contributed by atoms with Crippen LogP contribution < -0.4 is 0 Å². The fourth-order valence-corrected chi connectivity index (χ4v) is 5.23. The van der Waals surface area contributed by atoms with Gasteiger partial charge >= 0.3 is 0 Å². The van der Waals surface area contributed by atoms with Gasteiger partial charge < -0.3 is 4.74 Å². The Morgan fingerprint density at radius 1 is 1.10 bits per heavy atom. The van der Waals surface area contributed by atoms with Crippen molar-refractivity contribution in [2.45, 2.75) is 31.6 Å². The van der Waals surface area contributed by atoms with Crippen molar-refractivity contribution < 1.29 is 4.74 Å². The van der Waals surface area contributed by atoms with Crippen LogP contribution in [-0.2, 0) is 11.3 Å². The molecule has 3 aromatic rings. The molecule has 0 radical (unpaired) electrons. The summed E-state index contributed by atoms with van der Waals surface area (Å²) in [5.41, 5.74) is 3.52. The summed E-state index contributed by atoms with van der Waals surface area (Å²) in [6.45, 7) is 6.97. The lowest BCUT2D eigenvalue weighted by Crippen LogP contribution is -2.55. The van der Waals surface area contributed by atoms with Crippen molar-refractivity contribution in [3.63, 3.8) is 0 Å². The maximum atomic E-state index is 6.69. The van der Waals surface area contributed by atoms with Gasteiger partial charge in [0.15, 0.2) is 0 Å². The third kappa shape index (κ3) is 3.61. The third-order valence-electron chi connectivity index (χ3n) is 6.77. The Morgan fingerprint density at radius 3 is 2.72 bits per heavy atom. The minimum atomic E-state index is 0.0386. The summed E-state index contributed by atoms with van der Waals surface area (Å²) in [7, 11) is 0. The van der Waals surface area contributed by atoms with Gasteiger partial charge in [0.05, 0.1) is 18.2 Å². The maximum absolute atomic E-state index is 6.69. The molecule has 0 saturated carbocycles. The molecule has 1 aromatic heterocycles. The highest BCUT2D eigenvalue weighted by Gasteiger charge is 2.43. The lowest BCUT2D eigenvalue weighted by molar-refractivity contribution is -0.0803. The molecular weight excluding hydrogens is 356 g/mol. The fraction of sp³-hybridized carbons (Fsp3) is 0.346. The highest BCUT2D eigenvalue weighted by molar-refractivity contribution is 5.82. The zero-order valence-electron chi connectivity index (χ0n) is 16.8. The van der Waals surface area contributed by atoms with E-state index in [1.165, 1.54) is 29.4 Å². The number of aromatic nitrogens is 1. The molecule has 2 bridgehead atoms. The minimum Gasteiger partial charge on any atom is -0.367 e. The molecule has 0 aliphatic carbocycles. The molecule has 3 aliphatic rings. The van der Waals surface area contributed by atoms with E-state index in [0.717, 1.165) is 24.5 Å². The van der Waals surface area contributed by atoms with Gasteiger partial charge in [-0.25, -0.2) is 0 Å². The fourth-order valence-electron chi connectivity index (χ4n) is 5.23. The monoisotopic (exact) mass is 384 g/mol. The Labute approximate surface area is 173 Å². The molecule has 29 heavy (non-hydrogen) atoms. The van der Waals surface area contributed by atoms with Crippen LogP contribution in [0.2, 0.25) is 0 Å². The predicted molar refractivity (Wildman–Crippen MR) is 117 cm³/mol. The van der Waals surface area contributed by atoms with Crippen LogP contribution in [-0.4, -0.2) is 29.0 Å². The van der Waals surface area contributed by atoms with Crippen LogP contribution in [0.4, 0.5) is 0 Å². The molecule has 4 heterocycles. The smallest absolute Gasteiger partial charge is 0.0991 e. The molecule has 2 aromatic carbocycles. The normalized spacial score (nSPS) is 27.0. The second-order valence-corrected chi connectivity index (χ2v) is 8.38. The van der Waals surface area contributed by atoms with Crippen molar-refractivity contribution in [2.24, 2.45) is 11.8 Å². The summed E-state index contributed by atoms with van der Waals surface area (Å²) in [6, 6.07) is 21.5. The first-order valence-corrected chi connectivity index (χ1v) is 10.7. The van der Waals surface area contributed by atoms with Gasteiger partial charge in [0.1, 0.15) is 0 Å². The van der Waals surface area contributed by atoms with E-state index in [-0.39, 0.29) is 6.10 Å². The second-order valence-electron chi connectivity index (χ2n) is 8.38. The molecule has 3 heteroatoms. The van der Waals surface area contributed by atoms with E-state index in [2.05, 4.69) is 83.2 Å². The van der Waals surface area contributed by atoms with E-state index in [0.29, 0.717) is 18.6 Å². The first-order chi connectivity index (χ1) is 14.3. The summed E-state index contributed by atoms with van der Waals surface area (Å²) < 4.78 is 6.69. The maximum Gasteiger partial charge on any atom is 0.0991 e. The van der Waals surface area contributed by atoms with Gasteiger partial charge in [-0.1, -0.05) is 54.6 Å². The van der Waals surface area contributed by atoms with Crippen molar-refractivity contribution >= 4 is 10.9 Å². The van der Waals surface area contributed by atoms with Crippen LogP contribution in [0.25, 0.3) is 10.9 Å². The highest BCUT2D eigenvalue weighted by Crippen LogP contribution is 2.43. The lowest BCUT2D eigenvalue weighted by Gasteiger charge is -2.51. The number of pyridine rings is 1. The average molecular weight is 385 g/mol. The largest absolute Gasteiger partial charge is 0.367 e. The van der Waals surface area contributed by atoms with E-state index in [4.69, 9.17) is 4.74 Å². The number of hydrogen-bond acceptors (Lipinski definition) is 3. The Hall–Kier alpha value is -2.49. The van der Waals surface area contributed by atoms with E-state index in [9.17, 15) is 0 Å². The number of rotatable bonds is 6. The van der Waals surface area contributed by atoms with Crippen molar-refractivity contribution in [3.8, 4) is 0 Å². The second kappa shape index (κ2) is 8.10. The molecule has 5 atom stereocenters. The molecule has 0 N–H and O–H groups in total. The van der Waals surface area contributed by atoms with Gasteiger partial charge in [-0.3, -0.25) is 9.88 Å². The number of nitrogens with zero attached hydrogens (tertiary/aromatic N) is 2. The molecule has 2 unspecified atom stereocenters. The Kier molecular flexibility index (Phi) is 5.17. The predicted octanol–water partition coefficient (Wildman–Crippen LogP) is 5.39. The molecular formula is C26H28N2O. The van der Waals surface area contributed by atoms with Gasteiger partial charge in [0.25, 0.3) is 0 Å². The molecule has 3 nitrogen and oxygen atoms in total. The molecule has 0 amide bonds. The summed E-state index contributed by atoms with van der Waals surface area (Å²) in [5, 5.41) is 1.20. The number of ether oxygens (including phenoxy) is 1. The summed E-state index contributed by atoms with van der Waals surface area (Å²) >= 11 is 0. The van der Waals surface area contributed by atoms with Gasteiger partial charge in [-0.05, 0) is 54.5 Å². The number of para-hydroxylation sites is 1. The number of benzene rings is 2. The lowest BCUT2D eigenvalue weighted by atomic mass is 9.73. The topological polar surface area (TPSA) is 25.4 Å². The van der Waals surface area contributed by atoms with E-state index >= 15 is 0 Å². The van der Waals surface area contributed by atoms with Crippen molar-refractivity contribution in [1.82, 2.24) is 9.88 Å². The standard InChI is InChI=1S/C26H28N2O/c1-2-20-17-28-15-13-21(20)16-25(28)26(29-18-19-8-4-3-5-9-19)23-12-14-27-24-11-7-6-10-22(23)24/h2-12,14,20-21,25-26H,1,13,15-18H2/t20-,21?,25-,26+/m0/s1. The number of piperidine rings is 3. The van der Waals surface area contributed by atoms with Crippen molar-refractivity contribution in [3.05, 3.63) is 90.6 Å². The minimum absolute atomic E-state index is 0.0386. The highest BCUT2D eigenvalue weighted by atomic mass is 16.5. The first kappa shape index (κ1) is 18.5. The number of fused-ring (bicyclic) bond motifs is 4. The Bertz CT molecular complexity index is 981. The zero-order chi connectivity index (χ0) is 19.6. The van der Waals surface area contributed by atoms with Gasteiger partial charge in [-0.2, -0.15) is 0 Å². The molecule has 3 fully saturated rings. The quantitative estimate of drug-likeness (QED) is 0.533. The summed E-state index contributed by atoms with van der Waals surface area (Å²) in [6.07, 6.45) is 6.58. The van der Waals surface area contributed by atoms with Crippen LogP contribution in [0, 0.1) is 11.8 Å². The van der Waals surface area contributed by atoms with Gasteiger partial charge in [0, 0.05) is 24.2 Å². The molecule has 6 rings (SSSR count). The van der Waals surface area contributed by atoms with Crippen LogP contribution in [0.15, 0.2) is 79.5 Å². The Morgan fingerprint density at radius 2 is 1.93 bits per heavy atom. The number of hydrogen-bond donors (Lipinski definition) is 0. The van der Waals surface area contributed by atoms with E-state index < -0.39 is 0 Å². The summed E-state index contributed by atoms with van der Waals surface area (Å²) in [5.74, 6) is 1.34. The van der Waals surface area contributed by atoms with Crippen LogP contribution in [0.1, 0.15) is 30.1 Å². The van der Waals surface area contributed by atoms with Gasteiger partial charge in [-0.15, -0.1) is 6.58 Å². The SMILES string of the molecule is C=C[C@H]1CN2CCC1C[C@H]2[C@H](OCc1ccccc1)c1ccnc2ccccc12. The molecule has 0 spiro atoms. The zero-order valence-corrected chi connectivity index (χ0v) is 16.8. The van der Waals surface area contributed by atoms with Crippen molar-refractivity contribution in [2.75, 3.05) is 13.1 Å². The average Bonchev–Trinajstić information content (AvgIpc) is 2.80. The molecule has 3 aliphatic heterocycles. The molecule has 148 valence electrons. The van der Waals surface area contributed by atoms with Crippen molar-refractivity contribution in [1.29, 1.82) is 0 Å². The van der Waals surface area contributed by atoms with E-state index in [1.54, 1.807) is 0 Å². The Balaban J connectivity index is 1.50.